The van der Waals surface area contributed by atoms with Crippen LogP contribution in [0.5, 0.6) is 0 Å². The maximum atomic E-state index is 11.6. The van der Waals surface area contributed by atoms with Crippen LogP contribution in [0, 0.1) is 0 Å². The summed E-state index contributed by atoms with van der Waals surface area (Å²) >= 11 is 0. The minimum absolute atomic E-state index is 0.156. The third-order valence-corrected chi connectivity index (χ3v) is 3.07. The van der Waals surface area contributed by atoms with E-state index >= 15 is 0 Å². The largest absolute Gasteiger partial charge is 0.335 e. The minimum atomic E-state index is -0.156. The molecule has 1 aliphatic rings. The van der Waals surface area contributed by atoms with E-state index in [1.165, 1.54) is 0 Å². The number of carbonyl (C=O) groups is 1. The molecule has 0 spiro atoms. The van der Waals surface area contributed by atoms with Crippen LogP contribution in [0.15, 0.2) is 64.8 Å². The molecule has 0 aliphatic heterocycles. The van der Waals surface area contributed by atoms with Crippen LogP contribution in [0.1, 0.15) is 12.8 Å². The molecular weight excluding hydrogens is 264 g/mol. The summed E-state index contributed by atoms with van der Waals surface area (Å²) in [6.07, 6.45) is 2.15. The van der Waals surface area contributed by atoms with Crippen molar-refractivity contribution in [1.29, 1.82) is 0 Å². The zero-order valence-corrected chi connectivity index (χ0v) is 11.5. The summed E-state index contributed by atoms with van der Waals surface area (Å²) in [6, 6.07) is 17.0. The lowest BCUT2D eigenvalue weighted by Crippen LogP contribution is -2.30. The molecular formula is C16H16N4O. The predicted octanol–water partition coefficient (Wildman–Crippen LogP) is 4.39. The fourth-order valence-corrected chi connectivity index (χ4v) is 1.80. The third-order valence-electron chi connectivity index (χ3n) is 3.07. The van der Waals surface area contributed by atoms with Crippen molar-refractivity contribution in [2.24, 2.45) is 10.2 Å². The smallest absolute Gasteiger partial charge is 0.319 e. The van der Waals surface area contributed by atoms with Crippen LogP contribution >= 0.6 is 0 Å². The lowest BCUT2D eigenvalue weighted by molar-refractivity contribution is 0.251. The second-order valence-electron chi connectivity index (χ2n) is 4.96. The van der Waals surface area contributed by atoms with E-state index < -0.39 is 0 Å². The molecule has 0 unspecified atom stereocenters. The van der Waals surface area contributed by atoms with E-state index in [-0.39, 0.29) is 6.03 Å². The molecule has 0 atom stereocenters. The standard InChI is InChI=1S/C16H16N4O/c21-16(17-12-6-7-12)18-13-8-10-15(11-9-13)20-19-14-4-2-1-3-5-14/h1-5,8-12H,6-7H2,(H2,17,18,21). The second-order valence-corrected chi connectivity index (χ2v) is 4.96. The van der Waals surface area contributed by atoms with Crippen molar-refractivity contribution in [2.75, 3.05) is 5.32 Å². The summed E-state index contributed by atoms with van der Waals surface area (Å²) in [5.74, 6) is 0. The van der Waals surface area contributed by atoms with E-state index in [2.05, 4.69) is 20.9 Å². The average molecular weight is 280 g/mol. The topological polar surface area (TPSA) is 65.8 Å². The highest BCUT2D eigenvalue weighted by atomic mass is 16.2. The first kappa shape index (κ1) is 13.3. The number of rotatable bonds is 4. The summed E-state index contributed by atoms with van der Waals surface area (Å²) in [5.41, 5.74) is 2.29. The molecule has 5 nitrogen and oxygen atoms in total. The fourth-order valence-electron chi connectivity index (χ4n) is 1.80. The van der Waals surface area contributed by atoms with Gasteiger partial charge in [-0.3, -0.25) is 0 Å². The van der Waals surface area contributed by atoms with Crippen molar-refractivity contribution in [3.63, 3.8) is 0 Å². The highest BCUT2D eigenvalue weighted by Gasteiger charge is 2.23. The van der Waals surface area contributed by atoms with Gasteiger partial charge in [-0.1, -0.05) is 18.2 Å². The zero-order valence-electron chi connectivity index (χ0n) is 11.5. The van der Waals surface area contributed by atoms with Gasteiger partial charge in [-0.2, -0.15) is 10.2 Å². The first-order valence-corrected chi connectivity index (χ1v) is 6.94. The number of azo groups is 1. The van der Waals surface area contributed by atoms with Gasteiger partial charge in [0.15, 0.2) is 0 Å². The van der Waals surface area contributed by atoms with Crippen LogP contribution in [-0.2, 0) is 0 Å². The average Bonchev–Trinajstić information content (AvgIpc) is 3.31. The fraction of sp³-hybridized carbons (Fsp3) is 0.188. The predicted molar refractivity (Wildman–Crippen MR) is 82.2 cm³/mol. The molecule has 2 aromatic carbocycles. The number of benzene rings is 2. The Morgan fingerprint density at radius 2 is 1.52 bits per heavy atom. The first-order chi connectivity index (χ1) is 10.3. The molecule has 0 bridgehead atoms. The van der Waals surface area contributed by atoms with Crippen molar-refractivity contribution in [1.82, 2.24) is 5.32 Å². The Morgan fingerprint density at radius 3 is 2.14 bits per heavy atom. The quantitative estimate of drug-likeness (QED) is 0.801. The van der Waals surface area contributed by atoms with Crippen molar-refractivity contribution in [2.45, 2.75) is 18.9 Å². The number of nitrogens with one attached hydrogen (secondary N) is 2. The Hall–Kier alpha value is -2.69. The van der Waals surface area contributed by atoms with Gasteiger partial charge in [0.1, 0.15) is 0 Å². The van der Waals surface area contributed by atoms with E-state index in [0.717, 1.165) is 29.9 Å². The Balaban J connectivity index is 1.58. The number of amides is 2. The molecule has 0 radical (unpaired) electrons. The molecule has 21 heavy (non-hydrogen) atoms. The van der Waals surface area contributed by atoms with Crippen molar-refractivity contribution in [3.8, 4) is 0 Å². The Labute approximate surface area is 123 Å². The van der Waals surface area contributed by atoms with Gasteiger partial charge in [0.2, 0.25) is 0 Å². The van der Waals surface area contributed by atoms with Gasteiger partial charge < -0.3 is 10.6 Å². The third kappa shape index (κ3) is 4.14. The van der Waals surface area contributed by atoms with Gasteiger partial charge in [0.25, 0.3) is 0 Å². The van der Waals surface area contributed by atoms with Gasteiger partial charge in [-0.15, -0.1) is 0 Å². The highest BCUT2D eigenvalue weighted by molar-refractivity contribution is 5.89. The number of anilines is 1. The Morgan fingerprint density at radius 1 is 0.905 bits per heavy atom. The SMILES string of the molecule is O=C(Nc1ccc(N=Nc2ccccc2)cc1)NC1CC1. The number of nitrogens with zero attached hydrogens (tertiary/aromatic N) is 2. The maximum Gasteiger partial charge on any atom is 0.319 e. The first-order valence-electron chi connectivity index (χ1n) is 6.94. The molecule has 1 fully saturated rings. The summed E-state index contributed by atoms with van der Waals surface area (Å²) in [5, 5.41) is 14.0. The van der Waals surface area contributed by atoms with E-state index in [4.69, 9.17) is 0 Å². The molecule has 106 valence electrons. The number of hydrogen-bond donors (Lipinski definition) is 2. The van der Waals surface area contributed by atoms with Crippen molar-refractivity contribution >= 4 is 23.1 Å². The molecule has 2 aromatic rings. The monoisotopic (exact) mass is 280 g/mol. The van der Waals surface area contributed by atoms with Gasteiger partial charge in [-0.05, 0) is 49.2 Å². The van der Waals surface area contributed by atoms with E-state index in [1.807, 2.05) is 54.6 Å². The van der Waals surface area contributed by atoms with Crippen LogP contribution in [0.4, 0.5) is 21.9 Å². The summed E-state index contributed by atoms with van der Waals surface area (Å²) in [7, 11) is 0. The Kier molecular flexibility index (Phi) is 3.91. The van der Waals surface area contributed by atoms with E-state index in [9.17, 15) is 4.79 Å². The lowest BCUT2D eigenvalue weighted by atomic mass is 10.3. The highest BCUT2D eigenvalue weighted by Crippen LogP contribution is 2.21. The lowest BCUT2D eigenvalue weighted by Gasteiger charge is -2.06. The molecule has 5 heteroatoms. The molecule has 0 saturated heterocycles. The van der Waals surface area contributed by atoms with Crippen LogP contribution in [-0.4, -0.2) is 12.1 Å². The van der Waals surface area contributed by atoms with Crippen LogP contribution in [0.25, 0.3) is 0 Å². The van der Waals surface area contributed by atoms with Gasteiger partial charge in [0, 0.05) is 11.7 Å². The molecule has 2 N–H and O–H groups in total. The summed E-state index contributed by atoms with van der Waals surface area (Å²) in [4.78, 5) is 11.6. The van der Waals surface area contributed by atoms with Crippen molar-refractivity contribution < 1.29 is 4.79 Å². The molecule has 0 aromatic heterocycles. The van der Waals surface area contributed by atoms with Crippen molar-refractivity contribution in [3.05, 3.63) is 54.6 Å². The Bertz CT molecular complexity index is 633. The normalized spacial score (nSPS) is 14.1. The zero-order chi connectivity index (χ0) is 14.5. The van der Waals surface area contributed by atoms with Gasteiger partial charge in [0.05, 0.1) is 11.4 Å². The van der Waals surface area contributed by atoms with Crippen LogP contribution < -0.4 is 10.6 Å². The van der Waals surface area contributed by atoms with Crippen LogP contribution in [0.2, 0.25) is 0 Å². The summed E-state index contributed by atoms with van der Waals surface area (Å²) < 4.78 is 0. The minimum Gasteiger partial charge on any atom is -0.335 e. The molecule has 1 aliphatic carbocycles. The molecule has 3 rings (SSSR count). The maximum absolute atomic E-state index is 11.6. The molecule has 2 amide bonds. The summed E-state index contributed by atoms with van der Waals surface area (Å²) in [6.45, 7) is 0. The second kappa shape index (κ2) is 6.17. The van der Waals surface area contributed by atoms with E-state index in [0.29, 0.717) is 6.04 Å². The van der Waals surface area contributed by atoms with Gasteiger partial charge in [-0.25, -0.2) is 4.79 Å². The number of carbonyl (C=O) groups excluding carboxylic acids is 1. The number of urea groups is 1. The molecule has 0 heterocycles. The van der Waals surface area contributed by atoms with E-state index in [1.54, 1.807) is 0 Å². The number of hydrogen-bond acceptors (Lipinski definition) is 3. The van der Waals surface area contributed by atoms with Crippen LogP contribution in [0.3, 0.4) is 0 Å². The van der Waals surface area contributed by atoms with Gasteiger partial charge >= 0.3 is 6.03 Å². The molecule has 1 saturated carbocycles.